The highest BCUT2D eigenvalue weighted by Crippen LogP contribution is 2.17. The summed E-state index contributed by atoms with van der Waals surface area (Å²) in [6, 6.07) is 8.87. The smallest absolute Gasteiger partial charge is 0.0230 e. The molecule has 2 nitrogen and oxygen atoms in total. The van der Waals surface area contributed by atoms with E-state index in [2.05, 4.69) is 55.4 Å². The van der Waals surface area contributed by atoms with Crippen LogP contribution in [0.4, 0.5) is 0 Å². The van der Waals surface area contributed by atoms with Gasteiger partial charge >= 0.3 is 0 Å². The first-order chi connectivity index (χ1) is 8.15. The van der Waals surface area contributed by atoms with Crippen LogP contribution in [0.25, 0.3) is 0 Å². The van der Waals surface area contributed by atoms with Gasteiger partial charge in [-0.1, -0.05) is 36.8 Å². The number of nitrogens with one attached hydrogen (secondary N) is 1. The summed E-state index contributed by atoms with van der Waals surface area (Å²) in [7, 11) is 2.22. The van der Waals surface area contributed by atoms with Crippen molar-refractivity contribution in [2.45, 2.75) is 20.4 Å². The van der Waals surface area contributed by atoms with Crippen molar-refractivity contribution >= 4 is 0 Å². The molecule has 0 bridgehead atoms. The second-order valence-corrected chi connectivity index (χ2v) is 5.58. The fourth-order valence-electron chi connectivity index (χ4n) is 2.42. The van der Waals surface area contributed by atoms with Crippen molar-refractivity contribution in [2.75, 3.05) is 26.7 Å². The summed E-state index contributed by atoms with van der Waals surface area (Å²) >= 11 is 0. The summed E-state index contributed by atoms with van der Waals surface area (Å²) < 4.78 is 0. The minimum absolute atomic E-state index is 0.798. The van der Waals surface area contributed by atoms with Crippen LogP contribution in [0.3, 0.4) is 0 Å². The number of hydrogen-bond acceptors (Lipinski definition) is 2. The average Bonchev–Trinajstić information content (AvgIpc) is 2.18. The molecule has 2 heteroatoms. The van der Waals surface area contributed by atoms with E-state index in [1.54, 1.807) is 0 Å². The van der Waals surface area contributed by atoms with Crippen LogP contribution in [0, 0.1) is 18.8 Å². The second kappa shape index (κ2) is 5.65. The molecule has 1 aliphatic heterocycles. The monoisotopic (exact) mass is 232 g/mol. The van der Waals surface area contributed by atoms with Crippen molar-refractivity contribution in [3.05, 3.63) is 35.4 Å². The quantitative estimate of drug-likeness (QED) is 0.838. The van der Waals surface area contributed by atoms with Gasteiger partial charge < -0.3 is 10.2 Å². The van der Waals surface area contributed by atoms with Crippen molar-refractivity contribution < 1.29 is 0 Å². The lowest BCUT2D eigenvalue weighted by Gasteiger charge is -2.34. The maximum absolute atomic E-state index is 3.35. The third kappa shape index (κ3) is 3.55. The van der Waals surface area contributed by atoms with Crippen molar-refractivity contribution in [1.29, 1.82) is 0 Å². The lowest BCUT2D eigenvalue weighted by Crippen LogP contribution is -2.47. The Morgan fingerprint density at radius 2 is 1.94 bits per heavy atom. The Kier molecular flexibility index (Phi) is 4.19. The van der Waals surface area contributed by atoms with E-state index in [9.17, 15) is 0 Å². The third-order valence-corrected chi connectivity index (χ3v) is 3.79. The molecule has 1 saturated heterocycles. The summed E-state index contributed by atoms with van der Waals surface area (Å²) in [4.78, 5) is 2.44. The Balaban J connectivity index is 1.79. The van der Waals surface area contributed by atoms with Gasteiger partial charge in [-0.25, -0.2) is 0 Å². The summed E-state index contributed by atoms with van der Waals surface area (Å²) in [6.07, 6.45) is 0. The molecule has 1 atom stereocenters. The number of nitrogens with zero attached hydrogens (tertiary/aromatic N) is 1. The van der Waals surface area contributed by atoms with Crippen LogP contribution in [0.1, 0.15) is 18.1 Å². The van der Waals surface area contributed by atoms with Gasteiger partial charge in [0.1, 0.15) is 0 Å². The van der Waals surface area contributed by atoms with E-state index in [-0.39, 0.29) is 0 Å². The summed E-state index contributed by atoms with van der Waals surface area (Å²) in [5, 5.41) is 3.35. The van der Waals surface area contributed by atoms with Crippen molar-refractivity contribution in [3.8, 4) is 0 Å². The zero-order valence-electron chi connectivity index (χ0n) is 11.2. The SMILES string of the molecule is Cc1ccc(CN(C)CC(C)C2CNC2)cc1. The number of aryl methyl sites for hydroxylation is 1. The van der Waals surface area contributed by atoms with E-state index >= 15 is 0 Å². The molecule has 1 aliphatic rings. The van der Waals surface area contributed by atoms with Gasteiger partial charge in [-0.05, 0) is 44.5 Å². The first-order valence-corrected chi connectivity index (χ1v) is 6.60. The lowest BCUT2D eigenvalue weighted by atomic mass is 9.88. The van der Waals surface area contributed by atoms with Crippen LogP contribution in [-0.2, 0) is 6.54 Å². The van der Waals surface area contributed by atoms with E-state index in [1.165, 1.54) is 30.8 Å². The molecular formula is C15H24N2. The minimum atomic E-state index is 0.798. The van der Waals surface area contributed by atoms with E-state index < -0.39 is 0 Å². The first-order valence-electron chi connectivity index (χ1n) is 6.60. The number of hydrogen-bond donors (Lipinski definition) is 1. The summed E-state index contributed by atoms with van der Waals surface area (Å²) in [5.41, 5.74) is 2.75. The zero-order valence-corrected chi connectivity index (χ0v) is 11.2. The Labute approximate surface area is 105 Å². The van der Waals surface area contributed by atoms with Crippen molar-refractivity contribution in [3.63, 3.8) is 0 Å². The number of rotatable bonds is 5. The molecule has 1 unspecified atom stereocenters. The van der Waals surface area contributed by atoms with Crippen LogP contribution < -0.4 is 5.32 Å². The topological polar surface area (TPSA) is 15.3 Å². The van der Waals surface area contributed by atoms with E-state index in [0.717, 1.165) is 18.4 Å². The van der Waals surface area contributed by atoms with Gasteiger partial charge in [0, 0.05) is 13.1 Å². The standard InChI is InChI=1S/C15H24N2/c1-12-4-6-14(7-5-12)11-17(3)10-13(2)15-8-16-9-15/h4-7,13,15-16H,8-11H2,1-3H3. The van der Waals surface area contributed by atoms with E-state index in [0.29, 0.717) is 0 Å². The maximum Gasteiger partial charge on any atom is 0.0230 e. The highest BCUT2D eigenvalue weighted by atomic mass is 15.1. The fraction of sp³-hybridized carbons (Fsp3) is 0.600. The van der Waals surface area contributed by atoms with Crippen LogP contribution >= 0.6 is 0 Å². The maximum atomic E-state index is 3.35. The Hall–Kier alpha value is -0.860. The molecule has 1 aromatic rings. The van der Waals surface area contributed by atoms with Crippen molar-refractivity contribution in [2.24, 2.45) is 11.8 Å². The van der Waals surface area contributed by atoms with Gasteiger partial charge in [0.25, 0.3) is 0 Å². The molecule has 17 heavy (non-hydrogen) atoms. The Morgan fingerprint density at radius 1 is 1.29 bits per heavy atom. The highest BCUT2D eigenvalue weighted by molar-refractivity contribution is 5.21. The third-order valence-electron chi connectivity index (χ3n) is 3.79. The molecular weight excluding hydrogens is 208 g/mol. The van der Waals surface area contributed by atoms with Gasteiger partial charge in [0.15, 0.2) is 0 Å². The largest absolute Gasteiger partial charge is 0.316 e. The molecule has 1 fully saturated rings. The van der Waals surface area contributed by atoms with Crippen LogP contribution in [0.5, 0.6) is 0 Å². The van der Waals surface area contributed by atoms with E-state index in [1.807, 2.05) is 0 Å². The van der Waals surface area contributed by atoms with Crippen LogP contribution in [0.2, 0.25) is 0 Å². The predicted molar refractivity (Wildman–Crippen MR) is 73.0 cm³/mol. The minimum Gasteiger partial charge on any atom is -0.316 e. The Morgan fingerprint density at radius 3 is 2.47 bits per heavy atom. The fourth-order valence-corrected chi connectivity index (χ4v) is 2.42. The molecule has 0 aliphatic carbocycles. The molecule has 94 valence electrons. The predicted octanol–water partition coefficient (Wildman–Crippen LogP) is 2.28. The van der Waals surface area contributed by atoms with Gasteiger partial charge in [0.2, 0.25) is 0 Å². The zero-order chi connectivity index (χ0) is 12.3. The van der Waals surface area contributed by atoms with Gasteiger partial charge in [0.05, 0.1) is 0 Å². The second-order valence-electron chi connectivity index (χ2n) is 5.58. The van der Waals surface area contributed by atoms with Gasteiger partial charge in [-0.2, -0.15) is 0 Å². The molecule has 1 heterocycles. The summed E-state index contributed by atoms with van der Waals surface area (Å²) in [5.74, 6) is 1.68. The molecule has 2 rings (SSSR count). The molecule has 1 N–H and O–H groups in total. The first kappa shape index (κ1) is 12.6. The van der Waals surface area contributed by atoms with Crippen LogP contribution in [-0.4, -0.2) is 31.6 Å². The molecule has 0 amide bonds. The number of benzene rings is 1. The highest BCUT2D eigenvalue weighted by Gasteiger charge is 2.24. The molecule has 0 saturated carbocycles. The summed E-state index contributed by atoms with van der Waals surface area (Å²) in [6.45, 7) is 9.18. The normalized spacial score (nSPS) is 18.1. The molecule has 0 radical (unpaired) electrons. The van der Waals surface area contributed by atoms with Crippen molar-refractivity contribution in [1.82, 2.24) is 10.2 Å². The van der Waals surface area contributed by atoms with Crippen LogP contribution in [0.15, 0.2) is 24.3 Å². The molecule has 0 aromatic heterocycles. The lowest BCUT2D eigenvalue weighted by molar-refractivity contribution is 0.182. The van der Waals surface area contributed by atoms with E-state index in [4.69, 9.17) is 0 Å². The van der Waals surface area contributed by atoms with Gasteiger partial charge in [-0.3, -0.25) is 0 Å². The molecule has 0 spiro atoms. The Bertz CT molecular complexity index is 340. The molecule has 1 aromatic carbocycles. The van der Waals surface area contributed by atoms with Gasteiger partial charge in [-0.15, -0.1) is 0 Å². The average molecular weight is 232 g/mol.